The Bertz CT molecular complexity index is 1140. The summed E-state index contributed by atoms with van der Waals surface area (Å²) in [6, 6.07) is 17.7. The molecule has 0 unspecified atom stereocenters. The SMILES string of the molecule is C=NC1=C(C=NCN2CCN(C)CC2)CCN(c2ccc(C(C)(C)c3ccc(OC4CCC4)cc3)cc2)C1. The zero-order chi connectivity index (χ0) is 26.5. The van der Waals surface area contributed by atoms with Crippen molar-refractivity contribution in [3.05, 3.63) is 70.9 Å². The van der Waals surface area contributed by atoms with Gasteiger partial charge in [0.1, 0.15) is 5.75 Å². The van der Waals surface area contributed by atoms with Gasteiger partial charge in [-0.15, -0.1) is 0 Å². The van der Waals surface area contributed by atoms with E-state index in [1.165, 1.54) is 41.6 Å². The van der Waals surface area contributed by atoms with Gasteiger partial charge in [0.05, 0.1) is 25.0 Å². The summed E-state index contributed by atoms with van der Waals surface area (Å²) < 4.78 is 6.05. The van der Waals surface area contributed by atoms with Gasteiger partial charge in [-0.3, -0.25) is 14.9 Å². The highest BCUT2D eigenvalue weighted by molar-refractivity contribution is 5.81. The predicted octanol–water partition coefficient (Wildman–Crippen LogP) is 5.38. The Hall–Kier alpha value is -2.96. The van der Waals surface area contributed by atoms with Crippen molar-refractivity contribution < 1.29 is 4.74 Å². The minimum atomic E-state index is -0.0867. The molecule has 2 fully saturated rings. The quantitative estimate of drug-likeness (QED) is 0.422. The van der Waals surface area contributed by atoms with Crippen molar-refractivity contribution >= 4 is 18.6 Å². The summed E-state index contributed by atoms with van der Waals surface area (Å²) in [5, 5.41) is 0. The van der Waals surface area contributed by atoms with Crippen molar-refractivity contribution in [2.45, 2.75) is 51.0 Å². The molecule has 6 heteroatoms. The maximum Gasteiger partial charge on any atom is 0.119 e. The molecule has 1 saturated heterocycles. The molecule has 0 radical (unpaired) electrons. The molecule has 0 aromatic heterocycles. The van der Waals surface area contributed by atoms with Gasteiger partial charge in [0.2, 0.25) is 0 Å². The first-order valence-corrected chi connectivity index (χ1v) is 14.1. The number of piperazine rings is 1. The molecule has 6 nitrogen and oxygen atoms in total. The summed E-state index contributed by atoms with van der Waals surface area (Å²) in [6.07, 6.45) is 7.04. The Balaban J connectivity index is 1.20. The van der Waals surface area contributed by atoms with Gasteiger partial charge in [-0.1, -0.05) is 38.1 Å². The number of nitrogens with zero attached hydrogens (tertiary/aromatic N) is 5. The molecule has 0 amide bonds. The third-order valence-corrected chi connectivity index (χ3v) is 8.56. The highest BCUT2D eigenvalue weighted by Gasteiger charge is 2.25. The van der Waals surface area contributed by atoms with Crippen LogP contribution in [0.2, 0.25) is 0 Å². The maximum absolute atomic E-state index is 6.05. The minimum absolute atomic E-state index is 0.0867. The van der Waals surface area contributed by atoms with Gasteiger partial charge >= 0.3 is 0 Å². The van der Waals surface area contributed by atoms with E-state index in [0.717, 1.165) is 63.8 Å². The number of anilines is 1. The molecule has 2 heterocycles. The summed E-state index contributed by atoms with van der Waals surface area (Å²) in [5.74, 6) is 0.984. The highest BCUT2D eigenvalue weighted by Crippen LogP contribution is 2.35. The first kappa shape index (κ1) is 26.6. The summed E-state index contributed by atoms with van der Waals surface area (Å²) in [5.41, 5.74) is 5.99. The number of hydrogen-bond acceptors (Lipinski definition) is 6. The molecule has 0 atom stereocenters. The van der Waals surface area contributed by atoms with Gasteiger partial charge in [0, 0.05) is 50.0 Å². The molecule has 1 aliphatic carbocycles. The molecule has 5 rings (SSSR count). The maximum atomic E-state index is 6.05. The topological polar surface area (TPSA) is 43.7 Å². The largest absolute Gasteiger partial charge is 0.490 e. The average Bonchev–Trinajstić information content (AvgIpc) is 2.92. The second kappa shape index (κ2) is 11.8. The van der Waals surface area contributed by atoms with E-state index >= 15 is 0 Å². The lowest BCUT2D eigenvalue weighted by molar-refractivity contribution is 0.120. The molecule has 0 N–H and O–H groups in total. The van der Waals surface area contributed by atoms with E-state index in [2.05, 4.69) is 95.8 Å². The van der Waals surface area contributed by atoms with Crippen LogP contribution in [0.4, 0.5) is 5.69 Å². The Labute approximate surface area is 228 Å². The fraction of sp³-hybridized carbons (Fsp3) is 0.500. The van der Waals surface area contributed by atoms with E-state index in [1.54, 1.807) is 0 Å². The van der Waals surface area contributed by atoms with E-state index < -0.39 is 0 Å². The van der Waals surface area contributed by atoms with Crippen molar-refractivity contribution in [2.24, 2.45) is 9.98 Å². The predicted molar refractivity (Wildman–Crippen MR) is 159 cm³/mol. The van der Waals surface area contributed by atoms with Gasteiger partial charge in [-0.05, 0) is 80.4 Å². The number of hydrogen-bond donors (Lipinski definition) is 0. The van der Waals surface area contributed by atoms with Crippen molar-refractivity contribution in [1.29, 1.82) is 0 Å². The van der Waals surface area contributed by atoms with Crippen LogP contribution in [0.5, 0.6) is 5.75 Å². The Morgan fingerprint density at radius 2 is 1.61 bits per heavy atom. The molecule has 38 heavy (non-hydrogen) atoms. The summed E-state index contributed by atoms with van der Waals surface area (Å²) in [7, 11) is 2.18. The van der Waals surface area contributed by atoms with Gasteiger partial charge in [-0.25, -0.2) is 0 Å². The van der Waals surface area contributed by atoms with Crippen molar-refractivity contribution in [3.63, 3.8) is 0 Å². The second-order valence-corrected chi connectivity index (χ2v) is 11.5. The first-order valence-electron chi connectivity index (χ1n) is 14.1. The van der Waals surface area contributed by atoms with Gasteiger partial charge in [-0.2, -0.15) is 0 Å². The third kappa shape index (κ3) is 6.19. The molecule has 0 spiro atoms. The van der Waals surface area contributed by atoms with Gasteiger partial charge < -0.3 is 14.5 Å². The normalized spacial score (nSPS) is 20.1. The van der Waals surface area contributed by atoms with E-state index in [0.29, 0.717) is 6.10 Å². The number of ether oxygens (including phenoxy) is 1. The van der Waals surface area contributed by atoms with E-state index in [-0.39, 0.29) is 5.41 Å². The van der Waals surface area contributed by atoms with Crippen LogP contribution in [-0.2, 0) is 5.41 Å². The lowest BCUT2D eigenvalue weighted by atomic mass is 9.78. The smallest absolute Gasteiger partial charge is 0.119 e. The van der Waals surface area contributed by atoms with Crippen molar-refractivity contribution in [1.82, 2.24) is 9.80 Å². The zero-order valence-corrected chi connectivity index (χ0v) is 23.4. The lowest BCUT2D eigenvalue weighted by Crippen LogP contribution is -2.44. The fourth-order valence-corrected chi connectivity index (χ4v) is 5.41. The Morgan fingerprint density at radius 1 is 0.947 bits per heavy atom. The molecular formula is C32H43N5O. The number of rotatable bonds is 9. The lowest BCUT2D eigenvalue weighted by Gasteiger charge is -2.32. The van der Waals surface area contributed by atoms with E-state index in [4.69, 9.17) is 9.73 Å². The monoisotopic (exact) mass is 513 g/mol. The molecule has 3 aliphatic rings. The molecule has 202 valence electrons. The van der Waals surface area contributed by atoms with E-state index in [1.807, 2.05) is 6.21 Å². The van der Waals surface area contributed by atoms with Crippen LogP contribution in [0.3, 0.4) is 0 Å². The molecule has 2 aliphatic heterocycles. The third-order valence-electron chi connectivity index (χ3n) is 8.56. The van der Waals surface area contributed by atoms with Crippen molar-refractivity contribution in [2.75, 3.05) is 57.9 Å². The fourth-order valence-electron chi connectivity index (χ4n) is 5.41. The van der Waals surface area contributed by atoms with Crippen LogP contribution in [0.15, 0.2) is 69.8 Å². The second-order valence-electron chi connectivity index (χ2n) is 11.5. The van der Waals surface area contributed by atoms with Gasteiger partial charge in [0.15, 0.2) is 0 Å². The van der Waals surface area contributed by atoms with Crippen LogP contribution in [-0.4, -0.2) is 81.8 Å². The first-order chi connectivity index (χ1) is 18.4. The number of aliphatic imine (C=N–C) groups is 2. The van der Waals surface area contributed by atoms with Gasteiger partial charge in [0.25, 0.3) is 0 Å². The standard InChI is InChI=1S/C32H43N5O/c1-32(2,27-10-14-30(15-11-27)38-29-6-5-7-29)26-8-12-28(13-9-26)37-17-16-25(31(23-37)33-3)22-34-24-36-20-18-35(4)19-21-36/h8-15,22,29H,3,5-7,16-21,23-24H2,1-2,4H3. The number of benzene rings is 2. The van der Waals surface area contributed by atoms with Crippen LogP contribution in [0.25, 0.3) is 0 Å². The average molecular weight is 514 g/mol. The minimum Gasteiger partial charge on any atom is -0.490 e. The Morgan fingerprint density at radius 3 is 2.21 bits per heavy atom. The van der Waals surface area contributed by atoms with Crippen LogP contribution >= 0.6 is 0 Å². The molecule has 0 bridgehead atoms. The van der Waals surface area contributed by atoms with Crippen molar-refractivity contribution in [3.8, 4) is 5.75 Å². The summed E-state index contributed by atoms with van der Waals surface area (Å²) in [6.45, 7) is 15.3. The Kier molecular flexibility index (Phi) is 8.29. The molecular weight excluding hydrogens is 470 g/mol. The zero-order valence-electron chi connectivity index (χ0n) is 23.4. The van der Waals surface area contributed by atoms with E-state index in [9.17, 15) is 0 Å². The summed E-state index contributed by atoms with van der Waals surface area (Å²) >= 11 is 0. The molecule has 2 aromatic carbocycles. The highest BCUT2D eigenvalue weighted by atomic mass is 16.5. The van der Waals surface area contributed by atoms with Crippen LogP contribution in [0.1, 0.15) is 50.7 Å². The number of likely N-dealkylation sites (N-methyl/N-ethyl adjacent to an activating group) is 1. The molecule has 2 aromatic rings. The molecule has 1 saturated carbocycles. The van der Waals surface area contributed by atoms with Crippen LogP contribution < -0.4 is 9.64 Å². The summed E-state index contributed by atoms with van der Waals surface area (Å²) in [4.78, 5) is 16.3. The van der Waals surface area contributed by atoms with Crippen LogP contribution in [0, 0.1) is 0 Å².